The molecular weight excluding hydrogens is 335 g/mol. The van der Waals surface area contributed by atoms with Crippen molar-refractivity contribution in [2.75, 3.05) is 25.0 Å². The van der Waals surface area contributed by atoms with Gasteiger partial charge in [0.2, 0.25) is 5.91 Å². The van der Waals surface area contributed by atoms with Crippen LogP contribution in [-0.4, -0.2) is 41.7 Å². The van der Waals surface area contributed by atoms with Crippen LogP contribution in [0.25, 0.3) is 0 Å². The van der Waals surface area contributed by atoms with Gasteiger partial charge in [-0.1, -0.05) is 41.2 Å². The Morgan fingerprint density at radius 1 is 1.29 bits per heavy atom. The first-order chi connectivity index (χ1) is 10.0. The standard InChI is InChI=1S/C14H17Cl3N2O2/c15-9-5-11(16)14(12(17)6-9)18-13(21)7-19-4-2-1-3-10(19)8-20/h5-6,10,20H,1-4,7-8H2,(H,18,21). The zero-order valence-corrected chi connectivity index (χ0v) is 13.7. The van der Waals surface area contributed by atoms with E-state index in [1.807, 2.05) is 4.90 Å². The van der Waals surface area contributed by atoms with Crippen molar-refractivity contribution in [2.24, 2.45) is 0 Å². The smallest absolute Gasteiger partial charge is 0.238 e. The van der Waals surface area contributed by atoms with Gasteiger partial charge in [-0.05, 0) is 31.5 Å². The van der Waals surface area contributed by atoms with E-state index < -0.39 is 0 Å². The summed E-state index contributed by atoms with van der Waals surface area (Å²) in [5, 5.41) is 13.1. The quantitative estimate of drug-likeness (QED) is 0.874. The lowest BCUT2D eigenvalue weighted by molar-refractivity contribution is -0.118. The van der Waals surface area contributed by atoms with Crippen LogP contribution in [0.5, 0.6) is 0 Å². The maximum absolute atomic E-state index is 12.1. The third kappa shape index (κ3) is 4.47. The number of likely N-dealkylation sites (tertiary alicyclic amines) is 1. The fraction of sp³-hybridized carbons (Fsp3) is 0.500. The summed E-state index contributed by atoms with van der Waals surface area (Å²) in [5.74, 6) is -0.207. The van der Waals surface area contributed by atoms with Crippen LogP contribution in [0.15, 0.2) is 12.1 Å². The zero-order chi connectivity index (χ0) is 15.4. The molecule has 1 aliphatic heterocycles. The van der Waals surface area contributed by atoms with Gasteiger partial charge in [0.05, 0.1) is 28.9 Å². The number of benzene rings is 1. The van der Waals surface area contributed by atoms with Crippen LogP contribution in [0, 0.1) is 0 Å². The number of hydrogen-bond acceptors (Lipinski definition) is 3. The number of nitrogens with zero attached hydrogens (tertiary/aromatic N) is 1. The van der Waals surface area contributed by atoms with Gasteiger partial charge in [-0.3, -0.25) is 9.69 Å². The van der Waals surface area contributed by atoms with Crippen LogP contribution < -0.4 is 5.32 Å². The molecular formula is C14H17Cl3N2O2. The number of halogens is 3. The third-order valence-electron chi connectivity index (χ3n) is 3.58. The highest BCUT2D eigenvalue weighted by molar-refractivity contribution is 6.42. The number of carbonyl (C=O) groups is 1. The molecule has 116 valence electrons. The Labute approximate surface area is 139 Å². The highest BCUT2D eigenvalue weighted by atomic mass is 35.5. The predicted octanol–water partition coefficient (Wildman–Crippen LogP) is 3.43. The number of carbonyl (C=O) groups excluding carboxylic acids is 1. The Bertz CT molecular complexity index is 502. The zero-order valence-electron chi connectivity index (χ0n) is 11.4. The molecule has 21 heavy (non-hydrogen) atoms. The van der Waals surface area contributed by atoms with Gasteiger partial charge in [0, 0.05) is 11.1 Å². The van der Waals surface area contributed by atoms with Crippen molar-refractivity contribution in [2.45, 2.75) is 25.3 Å². The number of rotatable bonds is 4. The van der Waals surface area contributed by atoms with E-state index in [0.717, 1.165) is 25.8 Å². The van der Waals surface area contributed by atoms with Crippen molar-refractivity contribution in [1.29, 1.82) is 0 Å². The molecule has 1 saturated heterocycles. The van der Waals surface area contributed by atoms with Crippen LogP contribution in [0.4, 0.5) is 5.69 Å². The van der Waals surface area contributed by atoms with Crippen LogP contribution in [-0.2, 0) is 4.79 Å². The molecule has 0 aliphatic carbocycles. The lowest BCUT2D eigenvalue weighted by Crippen LogP contribution is -2.45. The molecule has 4 nitrogen and oxygen atoms in total. The minimum Gasteiger partial charge on any atom is -0.395 e. The molecule has 1 atom stereocenters. The Morgan fingerprint density at radius 3 is 2.57 bits per heavy atom. The molecule has 0 aromatic heterocycles. The molecule has 2 N–H and O–H groups in total. The van der Waals surface area contributed by atoms with Gasteiger partial charge in [-0.2, -0.15) is 0 Å². The van der Waals surface area contributed by atoms with E-state index in [9.17, 15) is 9.90 Å². The van der Waals surface area contributed by atoms with E-state index in [-0.39, 0.29) is 25.1 Å². The lowest BCUT2D eigenvalue weighted by Gasteiger charge is -2.33. The minimum atomic E-state index is -0.207. The van der Waals surface area contributed by atoms with Gasteiger partial charge in [0.1, 0.15) is 0 Å². The Balaban J connectivity index is 2.01. The number of anilines is 1. The summed E-state index contributed by atoms with van der Waals surface area (Å²) in [5.41, 5.74) is 0.366. The number of piperidine rings is 1. The van der Waals surface area contributed by atoms with Gasteiger partial charge in [-0.15, -0.1) is 0 Å². The molecule has 7 heteroatoms. The normalized spacial score (nSPS) is 19.5. The van der Waals surface area contributed by atoms with Crippen LogP contribution in [0.3, 0.4) is 0 Å². The van der Waals surface area contributed by atoms with Crippen LogP contribution >= 0.6 is 34.8 Å². The maximum atomic E-state index is 12.1. The number of amides is 1. The fourth-order valence-corrected chi connectivity index (χ4v) is 3.41. The third-order valence-corrected chi connectivity index (χ3v) is 4.39. The van der Waals surface area contributed by atoms with Crippen molar-refractivity contribution in [3.05, 3.63) is 27.2 Å². The highest BCUT2D eigenvalue weighted by Gasteiger charge is 2.24. The Hall–Kier alpha value is -0.520. The van der Waals surface area contributed by atoms with Gasteiger partial charge in [0.25, 0.3) is 0 Å². The molecule has 0 bridgehead atoms. The van der Waals surface area contributed by atoms with Gasteiger partial charge in [0.15, 0.2) is 0 Å². The van der Waals surface area contributed by atoms with E-state index in [0.29, 0.717) is 20.8 Å². The summed E-state index contributed by atoms with van der Waals surface area (Å²) < 4.78 is 0. The number of aliphatic hydroxyl groups excluding tert-OH is 1. The molecule has 1 amide bonds. The Morgan fingerprint density at radius 2 is 1.95 bits per heavy atom. The van der Waals surface area contributed by atoms with Crippen LogP contribution in [0.1, 0.15) is 19.3 Å². The maximum Gasteiger partial charge on any atom is 0.238 e. The number of aliphatic hydroxyl groups is 1. The van der Waals surface area contributed by atoms with E-state index in [1.54, 1.807) is 0 Å². The van der Waals surface area contributed by atoms with Gasteiger partial charge < -0.3 is 10.4 Å². The molecule has 1 aliphatic rings. The van der Waals surface area contributed by atoms with E-state index in [4.69, 9.17) is 34.8 Å². The largest absolute Gasteiger partial charge is 0.395 e. The summed E-state index contributed by atoms with van der Waals surface area (Å²) in [7, 11) is 0. The van der Waals surface area contributed by atoms with Gasteiger partial charge >= 0.3 is 0 Å². The molecule has 1 fully saturated rings. The summed E-state index contributed by atoms with van der Waals surface area (Å²) in [6.45, 7) is 1.08. The molecule has 1 unspecified atom stereocenters. The minimum absolute atomic E-state index is 0.0423. The average molecular weight is 352 g/mol. The van der Waals surface area contributed by atoms with Crippen molar-refractivity contribution in [3.63, 3.8) is 0 Å². The molecule has 1 aromatic rings. The number of nitrogens with one attached hydrogen (secondary N) is 1. The summed E-state index contributed by atoms with van der Waals surface area (Å²) in [6.07, 6.45) is 3.02. The predicted molar refractivity (Wildman–Crippen MR) is 86.4 cm³/mol. The lowest BCUT2D eigenvalue weighted by atomic mass is 10.0. The van der Waals surface area contributed by atoms with Crippen molar-refractivity contribution in [1.82, 2.24) is 4.90 Å². The molecule has 1 aromatic carbocycles. The molecule has 0 spiro atoms. The topological polar surface area (TPSA) is 52.6 Å². The Kier molecular flexibility index (Phi) is 6.14. The van der Waals surface area contributed by atoms with Crippen molar-refractivity contribution >= 4 is 46.4 Å². The van der Waals surface area contributed by atoms with Crippen molar-refractivity contribution in [3.8, 4) is 0 Å². The monoisotopic (exact) mass is 350 g/mol. The second-order valence-electron chi connectivity index (χ2n) is 5.10. The van der Waals surface area contributed by atoms with Gasteiger partial charge in [-0.25, -0.2) is 0 Å². The molecule has 0 radical (unpaired) electrons. The van der Waals surface area contributed by atoms with E-state index >= 15 is 0 Å². The summed E-state index contributed by atoms with van der Waals surface area (Å²) in [4.78, 5) is 14.1. The average Bonchev–Trinajstić information content (AvgIpc) is 2.43. The van der Waals surface area contributed by atoms with Crippen LogP contribution in [0.2, 0.25) is 15.1 Å². The first-order valence-electron chi connectivity index (χ1n) is 6.80. The SMILES string of the molecule is O=C(CN1CCCCC1CO)Nc1c(Cl)cc(Cl)cc1Cl. The van der Waals surface area contributed by atoms with Crippen molar-refractivity contribution < 1.29 is 9.90 Å². The highest BCUT2D eigenvalue weighted by Crippen LogP contribution is 2.33. The second kappa shape index (κ2) is 7.65. The summed E-state index contributed by atoms with van der Waals surface area (Å²) in [6, 6.07) is 3.10. The first-order valence-corrected chi connectivity index (χ1v) is 7.94. The fourth-order valence-electron chi connectivity index (χ4n) is 2.50. The first kappa shape index (κ1) is 16.8. The molecule has 0 saturated carbocycles. The van der Waals surface area contributed by atoms with E-state index in [1.165, 1.54) is 12.1 Å². The summed E-state index contributed by atoms with van der Waals surface area (Å²) >= 11 is 17.9. The number of hydrogen-bond donors (Lipinski definition) is 2. The molecule has 1 heterocycles. The van der Waals surface area contributed by atoms with E-state index in [2.05, 4.69) is 5.32 Å². The molecule has 2 rings (SSSR count). The second-order valence-corrected chi connectivity index (χ2v) is 6.35.